The van der Waals surface area contributed by atoms with E-state index in [-0.39, 0.29) is 5.56 Å². The van der Waals surface area contributed by atoms with Crippen molar-refractivity contribution in [2.45, 2.75) is 25.7 Å². The summed E-state index contributed by atoms with van der Waals surface area (Å²) in [6.45, 7) is 2.38. The molecule has 0 saturated heterocycles. The lowest BCUT2D eigenvalue weighted by atomic mass is 9.98. The molecule has 1 aromatic heterocycles. The standard InChI is InChI=1S/C29H22BrF3N2O2/c30-27-7-3-4-23(34-27)18-35-15-14-20-16-24(13-10-21(20)17-35)37-28(36)26-6-2-1-5-25(26)19-8-11-22(12-9-19)29(31,32)33/h1-13,16H,14-15,17-18H2. The molecule has 0 spiro atoms. The molecule has 0 amide bonds. The highest BCUT2D eigenvalue weighted by atomic mass is 79.9. The van der Waals surface area contributed by atoms with Crippen molar-refractivity contribution in [3.05, 3.63) is 117 Å². The predicted octanol–water partition coefficient (Wildman–Crippen LogP) is 7.31. The van der Waals surface area contributed by atoms with E-state index in [0.29, 0.717) is 16.9 Å². The van der Waals surface area contributed by atoms with Gasteiger partial charge in [0.1, 0.15) is 10.4 Å². The second kappa shape index (κ2) is 10.5. The van der Waals surface area contributed by atoms with Crippen LogP contribution in [-0.4, -0.2) is 22.4 Å². The summed E-state index contributed by atoms with van der Waals surface area (Å²) in [4.78, 5) is 19.9. The zero-order valence-corrected chi connectivity index (χ0v) is 21.2. The van der Waals surface area contributed by atoms with Crippen molar-refractivity contribution < 1.29 is 22.7 Å². The maximum absolute atomic E-state index is 13.1. The van der Waals surface area contributed by atoms with Crippen LogP contribution in [0.1, 0.15) is 32.7 Å². The maximum Gasteiger partial charge on any atom is 0.416 e. The Morgan fingerprint density at radius 1 is 0.946 bits per heavy atom. The molecule has 0 bridgehead atoms. The van der Waals surface area contributed by atoms with Gasteiger partial charge in [-0.1, -0.05) is 42.5 Å². The first-order chi connectivity index (χ1) is 17.8. The number of hydrogen-bond acceptors (Lipinski definition) is 4. The zero-order chi connectivity index (χ0) is 26.0. The Balaban J connectivity index is 1.30. The minimum Gasteiger partial charge on any atom is -0.423 e. The number of carbonyl (C=O) groups excluding carboxylic acids is 1. The van der Waals surface area contributed by atoms with E-state index in [0.717, 1.165) is 54.0 Å². The fraction of sp³-hybridized carbons (Fsp3) is 0.172. The molecule has 188 valence electrons. The van der Waals surface area contributed by atoms with Gasteiger partial charge in [-0.25, -0.2) is 9.78 Å². The Morgan fingerprint density at radius 2 is 1.73 bits per heavy atom. The van der Waals surface area contributed by atoms with Gasteiger partial charge in [0, 0.05) is 19.6 Å². The van der Waals surface area contributed by atoms with Crippen molar-refractivity contribution >= 4 is 21.9 Å². The Kier molecular flexibility index (Phi) is 7.13. The Bertz CT molecular complexity index is 1440. The van der Waals surface area contributed by atoms with Crippen molar-refractivity contribution in [2.24, 2.45) is 0 Å². The average molecular weight is 567 g/mol. The molecule has 4 aromatic rings. The molecule has 37 heavy (non-hydrogen) atoms. The highest BCUT2D eigenvalue weighted by molar-refractivity contribution is 9.10. The van der Waals surface area contributed by atoms with Crippen LogP contribution >= 0.6 is 15.9 Å². The van der Waals surface area contributed by atoms with Crippen molar-refractivity contribution in [3.63, 3.8) is 0 Å². The molecule has 8 heteroatoms. The number of esters is 1. The minimum absolute atomic E-state index is 0.285. The van der Waals surface area contributed by atoms with E-state index < -0.39 is 17.7 Å². The molecule has 0 aliphatic carbocycles. The first kappa shape index (κ1) is 25.2. The number of benzene rings is 3. The molecule has 0 fully saturated rings. The number of ether oxygens (including phenoxy) is 1. The smallest absolute Gasteiger partial charge is 0.416 e. The molecule has 0 atom stereocenters. The lowest BCUT2D eigenvalue weighted by Gasteiger charge is -2.28. The van der Waals surface area contributed by atoms with Crippen LogP contribution in [0.2, 0.25) is 0 Å². The second-order valence-corrected chi connectivity index (χ2v) is 9.67. The number of fused-ring (bicyclic) bond motifs is 1. The van der Waals surface area contributed by atoms with Crippen LogP contribution in [0.5, 0.6) is 5.75 Å². The molecule has 4 nitrogen and oxygen atoms in total. The first-order valence-corrected chi connectivity index (χ1v) is 12.5. The van der Waals surface area contributed by atoms with Gasteiger partial charge in [-0.3, -0.25) is 4.90 Å². The van der Waals surface area contributed by atoms with Crippen LogP contribution in [0.25, 0.3) is 11.1 Å². The third-order valence-electron chi connectivity index (χ3n) is 6.31. The SMILES string of the molecule is O=C(Oc1ccc2c(c1)CCN(Cc1cccc(Br)n1)C2)c1ccccc1-c1ccc(C(F)(F)F)cc1. The van der Waals surface area contributed by atoms with Gasteiger partial charge in [0.05, 0.1) is 16.8 Å². The molecule has 1 aliphatic rings. The quantitative estimate of drug-likeness (QED) is 0.144. The third kappa shape index (κ3) is 5.92. The Labute approximate surface area is 220 Å². The number of aromatic nitrogens is 1. The Morgan fingerprint density at radius 3 is 2.49 bits per heavy atom. The van der Waals surface area contributed by atoms with Crippen LogP contribution in [0, 0.1) is 0 Å². The number of halogens is 4. The van der Waals surface area contributed by atoms with Crippen LogP contribution in [0.15, 0.2) is 89.5 Å². The average Bonchev–Trinajstić information content (AvgIpc) is 2.88. The largest absolute Gasteiger partial charge is 0.423 e. The van der Waals surface area contributed by atoms with E-state index in [1.807, 2.05) is 30.3 Å². The van der Waals surface area contributed by atoms with E-state index in [2.05, 4.69) is 25.8 Å². The maximum atomic E-state index is 13.1. The normalized spacial score (nSPS) is 13.7. The molecular weight excluding hydrogens is 545 g/mol. The van der Waals surface area contributed by atoms with Crippen LogP contribution in [-0.2, 0) is 25.7 Å². The van der Waals surface area contributed by atoms with Gasteiger partial charge >= 0.3 is 12.1 Å². The molecule has 0 saturated carbocycles. The molecule has 2 heterocycles. The van der Waals surface area contributed by atoms with E-state index in [9.17, 15) is 18.0 Å². The van der Waals surface area contributed by atoms with Gasteiger partial charge in [-0.15, -0.1) is 0 Å². The molecule has 3 aromatic carbocycles. The van der Waals surface area contributed by atoms with E-state index in [1.54, 1.807) is 30.3 Å². The van der Waals surface area contributed by atoms with Crippen LogP contribution < -0.4 is 4.74 Å². The monoisotopic (exact) mass is 566 g/mol. The zero-order valence-electron chi connectivity index (χ0n) is 19.6. The third-order valence-corrected chi connectivity index (χ3v) is 6.75. The molecule has 0 N–H and O–H groups in total. The highest BCUT2D eigenvalue weighted by Gasteiger charge is 2.30. The summed E-state index contributed by atoms with van der Waals surface area (Å²) in [6.07, 6.45) is -3.60. The number of hydrogen-bond donors (Lipinski definition) is 0. The van der Waals surface area contributed by atoms with Crippen LogP contribution in [0.4, 0.5) is 13.2 Å². The van der Waals surface area contributed by atoms with E-state index in [4.69, 9.17) is 4.74 Å². The Hall–Kier alpha value is -3.49. The number of nitrogens with zero attached hydrogens (tertiary/aromatic N) is 2. The van der Waals surface area contributed by atoms with Gasteiger partial charge in [-0.2, -0.15) is 13.2 Å². The molecular formula is C29H22BrF3N2O2. The lowest BCUT2D eigenvalue weighted by Crippen LogP contribution is -2.30. The summed E-state index contributed by atoms with van der Waals surface area (Å²) in [5.74, 6) is -0.123. The van der Waals surface area contributed by atoms with Gasteiger partial charge < -0.3 is 4.74 Å². The molecule has 1 aliphatic heterocycles. The van der Waals surface area contributed by atoms with Gasteiger partial charge in [0.2, 0.25) is 0 Å². The van der Waals surface area contributed by atoms with Gasteiger partial charge in [-0.05, 0) is 87.1 Å². The predicted molar refractivity (Wildman–Crippen MR) is 138 cm³/mol. The summed E-state index contributed by atoms with van der Waals surface area (Å²) in [5, 5.41) is 0. The van der Waals surface area contributed by atoms with Crippen molar-refractivity contribution in [2.75, 3.05) is 6.54 Å². The molecule has 5 rings (SSSR count). The second-order valence-electron chi connectivity index (χ2n) is 8.85. The fourth-order valence-electron chi connectivity index (χ4n) is 4.47. The summed E-state index contributed by atoms with van der Waals surface area (Å²) < 4.78 is 45.3. The van der Waals surface area contributed by atoms with Crippen molar-refractivity contribution in [1.82, 2.24) is 9.88 Å². The molecule has 0 unspecified atom stereocenters. The topological polar surface area (TPSA) is 42.4 Å². The van der Waals surface area contributed by atoms with Crippen LogP contribution in [0.3, 0.4) is 0 Å². The molecule has 0 radical (unpaired) electrons. The number of alkyl halides is 3. The lowest BCUT2D eigenvalue weighted by molar-refractivity contribution is -0.137. The minimum atomic E-state index is -4.42. The fourth-order valence-corrected chi connectivity index (χ4v) is 4.85. The van der Waals surface area contributed by atoms with E-state index in [1.165, 1.54) is 17.7 Å². The number of pyridine rings is 1. The summed E-state index contributed by atoms with van der Waals surface area (Å²) in [6, 6.07) is 23.0. The number of carbonyl (C=O) groups is 1. The van der Waals surface area contributed by atoms with E-state index >= 15 is 0 Å². The highest BCUT2D eigenvalue weighted by Crippen LogP contribution is 2.32. The summed E-state index contributed by atoms with van der Waals surface area (Å²) >= 11 is 3.41. The van der Waals surface area contributed by atoms with Crippen molar-refractivity contribution in [1.29, 1.82) is 0 Å². The van der Waals surface area contributed by atoms with Gasteiger partial charge in [0.15, 0.2) is 0 Å². The summed E-state index contributed by atoms with van der Waals surface area (Å²) in [5.41, 5.74) is 3.85. The number of rotatable bonds is 5. The van der Waals surface area contributed by atoms with Crippen molar-refractivity contribution in [3.8, 4) is 16.9 Å². The first-order valence-electron chi connectivity index (χ1n) is 11.7. The van der Waals surface area contributed by atoms with Gasteiger partial charge in [0.25, 0.3) is 0 Å². The summed E-state index contributed by atoms with van der Waals surface area (Å²) in [7, 11) is 0.